The number of alkyl halides is 1. The number of carbonyl (C=O) groups excluding carboxylic acids is 1. The fourth-order valence-electron chi connectivity index (χ4n) is 1.10. The number of carbonyl (C=O) groups is 1. The Balaban J connectivity index is 2.58. The van der Waals surface area contributed by atoms with Crippen molar-refractivity contribution in [3.05, 3.63) is 17.5 Å². The lowest BCUT2D eigenvalue weighted by atomic mass is 10.0. The van der Waals surface area contributed by atoms with E-state index in [1.807, 2.05) is 13.8 Å². The van der Waals surface area contributed by atoms with Crippen molar-refractivity contribution in [2.24, 2.45) is 0 Å². The van der Waals surface area contributed by atoms with Crippen LogP contribution in [0.1, 0.15) is 31.0 Å². The standard InChI is InChI=1S/C9H13ClN2O2/c1-6(2)7-5-14-12-8(7)4-11-9(13)3-10/h5-6H,3-4H2,1-2H3,(H,11,13). The van der Waals surface area contributed by atoms with Crippen molar-refractivity contribution in [2.45, 2.75) is 26.3 Å². The third-order valence-electron chi connectivity index (χ3n) is 1.87. The molecule has 0 bridgehead atoms. The molecule has 5 heteroatoms. The molecule has 1 amide bonds. The molecule has 78 valence electrons. The first kappa shape index (κ1) is 11.0. The van der Waals surface area contributed by atoms with Crippen molar-refractivity contribution in [3.8, 4) is 0 Å². The van der Waals surface area contributed by atoms with E-state index in [4.69, 9.17) is 16.1 Å². The summed E-state index contributed by atoms with van der Waals surface area (Å²) in [6.45, 7) is 4.45. The molecule has 0 radical (unpaired) electrons. The Bertz CT molecular complexity index is 310. The van der Waals surface area contributed by atoms with Gasteiger partial charge in [0.25, 0.3) is 0 Å². The summed E-state index contributed by atoms with van der Waals surface area (Å²) in [7, 11) is 0. The van der Waals surface area contributed by atoms with E-state index in [1.54, 1.807) is 6.26 Å². The number of aromatic nitrogens is 1. The largest absolute Gasteiger partial charge is 0.364 e. The van der Waals surface area contributed by atoms with Crippen molar-refractivity contribution in [1.82, 2.24) is 10.5 Å². The Morgan fingerprint density at radius 3 is 3.00 bits per heavy atom. The van der Waals surface area contributed by atoms with Gasteiger partial charge >= 0.3 is 0 Å². The molecule has 0 aromatic carbocycles. The van der Waals surface area contributed by atoms with E-state index in [2.05, 4.69) is 10.5 Å². The average molecular weight is 217 g/mol. The van der Waals surface area contributed by atoms with E-state index >= 15 is 0 Å². The lowest BCUT2D eigenvalue weighted by Crippen LogP contribution is -2.24. The van der Waals surface area contributed by atoms with Crippen molar-refractivity contribution in [1.29, 1.82) is 0 Å². The molecule has 0 aliphatic heterocycles. The van der Waals surface area contributed by atoms with Crippen molar-refractivity contribution >= 4 is 17.5 Å². The first-order chi connectivity index (χ1) is 6.65. The number of rotatable bonds is 4. The van der Waals surface area contributed by atoms with Gasteiger partial charge in [-0.1, -0.05) is 19.0 Å². The van der Waals surface area contributed by atoms with E-state index in [-0.39, 0.29) is 11.8 Å². The van der Waals surface area contributed by atoms with Gasteiger partial charge in [0, 0.05) is 5.56 Å². The predicted octanol–water partition coefficient (Wildman–Crippen LogP) is 1.65. The molecule has 1 aromatic heterocycles. The summed E-state index contributed by atoms with van der Waals surface area (Å²) in [6, 6.07) is 0. The SMILES string of the molecule is CC(C)c1conc1CNC(=O)CCl. The summed E-state index contributed by atoms with van der Waals surface area (Å²) in [5, 5.41) is 6.45. The summed E-state index contributed by atoms with van der Waals surface area (Å²) in [5.41, 5.74) is 1.78. The first-order valence-electron chi connectivity index (χ1n) is 4.41. The Hall–Kier alpha value is -1.03. The highest BCUT2D eigenvalue weighted by molar-refractivity contribution is 6.27. The maximum absolute atomic E-state index is 10.9. The van der Waals surface area contributed by atoms with Crippen LogP contribution in [0.4, 0.5) is 0 Å². The van der Waals surface area contributed by atoms with Crippen molar-refractivity contribution in [2.75, 3.05) is 5.88 Å². The number of hydrogen-bond acceptors (Lipinski definition) is 3. The zero-order valence-corrected chi connectivity index (χ0v) is 8.97. The minimum absolute atomic E-state index is 0.0329. The van der Waals surface area contributed by atoms with Gasteiger partial charge in [-0.15, -0.1) is 11.6 Å². The Labute approximate surface area is 87.6 Å². The smallest absolute Gasteiger partial charge is 0.235 e. The van der Waals surface area contributed by atoms with Crippen LogP contribution >= 0.6 is 11.6 Å². The molecule has 0 saturated carbocycles. The second-order valence-electron chi connectivity index (χ2n) is 3.28. The van der Waals surface area contributed by atoms with Crippen LogP contribution < -0.4 is 5.32 Å². The molecular weight excluding hydrogens is 204 g/mol. The zero-order valence-electron chi connectivity index (χ0n) is 8.21. The highest BCUT2D eigenvalue weighted by atomic mass is 35.5. The van der Waals surface area contributed by atoms with Gasteiger partial charge in [-0.2, -0.15) is 0 Å². The van der Waals surface area contributed by atoms with Crippen LogP contribution in [-0.2, 0) is 11.3 Å². The summed E-state index contributed by atoms with van der Waals surface area (Å²) >= 11 is 5.34. The zero-order chi connectivity index (χ0) is 10.6. The number of amides is 1. The maximum Gasteiger partial charge on any atom is 0.235 e. The van der Waals surface area contributed by atoms with Crippen LogP contribution in [0.2, 0.25) is 0 Å². The van der Waals surface area contributed by atoms with Crippen molar-refractivity contribution < 1.29 is 9.32 Å². The highest BCUT2D eigenvalue weighted by Crippen LogP contribution is 2.17. The first-order valence-corrected chi connectivity index (χ1v) is 4.94. The highest BCUT2D eigenvalue weighted by Gasteiger charge is 2.11. The second kappa shape index (κ2) is 5.00. The Morgan fingerprint density at radius 2 is 2.43 bits per heavy atom. The van der Waals surface area contributed by atoms with Crippen molar-refractivity contribution in [3.63, 3.8) is 0 Å². The Morgan fingerprint density at radius 1 is 1.71 bits per heavy atom. The molecule has 0 saturated heterocycles. The molecule has 1 rings (SSSR count). The van der Waals surface area contributed by atoms with E-state index in [9.17, 15) is 4.79 Å². The maximum atomic E-state index is 10.9. The third-order valence-corrected chi connectivity index (χ3v) is 2.11. The van der Waals surface area contributed by atoms with Crippen LogP contribution in [0.5, 0.6) is 0 Å². The average Bonchev–Trinajstić information content (AvgIpc) is 2.62. The normalized spacial score (nSPS) is 10.6. The fourth-order valence-corrected chi connectivity index (χ4v) is 1.20. The third kappa shape index (κ3) is 2.73. The molecule has 1 N–H and O–H groups in total. The molecule has 1 aromatic rings. The predicted molar refractivity (Wildman–Crippen MR) is 53.2 cm³/mol. The van der Waals surface area contributed by atoms with Gasteiger partial charge in [0.1, 0.15) is 17.8 Å². The summed E-state index contributed by atoms with van der Waals surface area (Å²) in [4.78, 5) is 10.9. The van der Waals surface area contributed by atoms with Gasteiger partial charge in [0.15, 0.2) is 0 Å². The molecule has 0 unspecified atom stereocenters. The molecule has 1 heterocycles. The Kier molecular flexibility index (Phi) is 3.95. The van der Waals surface area contributed by atoms with Gasteiger partial charge in [-0.25, -0.2) is 0 Å². The molecule has 0 aliphatic rings. The van der Waals surface area contributed by atoms with Crippen LogP contribution in [0.25, 0.3) is 0 Å². The molecule has 4 nitrogen and oxygen atoms in total. The molecular formula is C9H13ClN2O2. The van der Waals surface area contributed by atoms with Crippen LogP contribution in [0, 0.1) is 0 Å². The minimum Gasteiger partial charge on any atom is -0.364 e. The number of halogens is 1. The van der Waals surface area contributed by atoms with E-state index in [1.165, 1.54) is 0 Å². The molecule has 0 spiro atoms. The van der Waals surface area contributed by atoms with E-state index in [0.29, 0.717) is 12.5 Å². The van der Waals surface area contributed by atoms with Gasteiger partial charge in [-0.3, -0.25) is 4.79 Å². The molecule has 0 fully saturated rings. The van der Waals surface area contributed by atoms with Gasteiger partial charge in [0.2, 0.25) is 5.91 Å². The van der Waals surface area contributed by atoms with Gasteiger partial charge in [-0.05, 0) is 5.92 Å². The minimum atomic E-state index is -0.204. The fraction of sp³-hybridized carbons (Fsp3) is 0.556. The summed E-state index contributed by atoms with van der Waals surface area (Å²) in [5.74, 6) is 0.100. The van der Waals surface area contributed by atoms with Gasteiger partial charge in [0.05, 0.1) is 6.54 Å². The summed E-state index contributed by atoms with van der Waals surface area (Å²) in [6.07, 6.45) is 1.60. The van der Waals surface area contributed by atoms with E-state index in [0.717, 1.165) is 11.3 Å². The topological polar surface area (TPSA) is 55.1 Å². The molecule has 0 aliphatic carbocycles. The van der Waals surface area contributed by atoms with Gasteiger partial charge < -0.3 is 9.84 Å². The summed E-state index contributed by atoms with van der Waals surface area (Å²) < 4.78 is 4.84. The number of nitrogens with zero attached hydrogens (tertiary/aromatic N) is 1. The second-order valence-corrected chi connectivity index (χ2v) is 3.55. The van der Waals surface area contributed by atoms with E-state index < -0.39 is 0 Å². The monoisotopic (exact) mass is 216 g/mol. The van der Waals surface area contributed by atoms with Crippen LogP contribution in [0.15, 0.2) is 10.8 Å². The number of hydrogen-bond donors (Lipinski definition) is 1. The van der Waals surface area contributed by atoms with Crippen LogP contribution in [-0.4, -0.2) is 16.9 Å². The van der Waals surface area contributed by atoms with Crippen LogP contribution in [0.3, 0.4) is 0 Å². The molecule has 0 atom stereocenters. The molecule has 14 heavy (non-hydrogen) atoms. The lowest BCUT2D eigenvalue weighted by Gasteiger charge is -2.04. The quantitative estimate of drug-likeness (QED) is 0.779. The lowest BCUT2D eigenvalue weighted by molar-refractivity contribution is -0.118. The number of nitrogens with one attached hydrogen (secondary N) is 1.